The SMILES string of the molecule is CCC(C)(CCOP(=O)(O)O)OP(=O)(O)OC(C)(C)CC(C)(N)SSC(C)(C)CC(C)(C)N. The lowest BCUT2D eigenvalue weighted by Gasteiger charge is -2.38. The van der Waals surface area contributed by atoms with Crippen LogP contribution in [0.4, 0.5) is 0 Å². The molecule has 0 saturated carbocycles. The van der Waals surface area contributed by atoms with Crippen molar-refractivity contribution in [1.82, 2.24) is 0 Å². The molecule has 3 atom stereocenters. The van der Waals surface area contributed by atoms with Gasteiger partial charge in [-0.3, -0.25) is 13.6 Å². The number of phosphoric acid groups is 2. The summed E-state index contributed by atoms with van der Waals surface area (Å²) in [5.41, 5.74) is 10.0. The van der Waals surface area contributed by atoms with Crippen LogP contribution in [0.1, 0.15) is 88.0 Å². The molecule has 0 amide bonds. The number of hydrogen-bond acceptors (Lipinski definition) is 9. The van der Waals surface area contributed by atoms with Gasteiger partial charge in [0, 0.05) is 23.1 Å². The third-order valence-corrected chi connectivity index (χ3v) is 10.3. The first kappa shape index (κ1) is 33.8. The molecule has 0 aromatic rings. The average molecular weight is 555 g/mol. The summed E-state index contributed by atoms with van der Waals surface area (Å²) in [4.78, 5) is 27.3. The predicted octanol–water partition coefficient (Wildman–Crippen LogP) is 4.92. The van der Waals surface area contributed by atoms with Crippen LogP contribution in [0.15, 0.2) is 0 Å². The first-order valence-electron chi connectivity index (χ1n) is 10.7. The van der Waals surface area contributed by atoms with E-state index in [4.69, 9.17) is 30.3 Å². The van der Waals surface area contributed by atoms with Gasteiger partial charge in [-0.1, -0.05) is 28.5 Å². The third-order valence-electron chi connectivity index (χ3n) is 4.45. The molecule has 0 aliphatic rings. The summed E-state index contributed by atoms with van der Waals surface area (Å²) < 4.78 is 38.8. The minimum absolute atomic E-state index is 0.0172. The Morgan fingerprint density at radius 3 is 1.79 bits per heavy atom. The Bertz CT molecular complexity index is 725. The van der Waals surface area contributed by atoms with E-state index in [9.17, 15) is 14.0 Å². The molecule has 0 aliphatic heterocycles. The van der Waals surface area contributed by atoms with E-state index in [1.807, 2.05) is 20.8 Å². The van der Waals surface area contributed by atoms with Gasteiger partial charge in [0.05, 0.1) is 22.7 Å². The molecule has 0 radical (unpaired) electrons. The summed E-state index contributed by atoms with van der Waals surface area (Å²) in [5, 5.41) is 0. The molecule has 3 unspecified atom stereocenters. The van der Waals surface area contributed by atoms with Crippen LogP contribution < -0.4 is 11.5 Å². The van der Waals surface area contributed by atoms with Crippen LogP contribution in [0.2, 0.25) is 0 Å². The summed E-state index contributed by atoms with van der Waals surface area (Å²) >= 11 is 0. The fourth-order valence-electron chi connectivity index (χ4n) is 3.52. The van der Waals surface area contributed by atoms with Crippen molar-refractivity contribution >= 4 is 37.2 Å². The lowest BCUT2D eigenvalue weighted by molar-refractivity contribution is -0.0199. The summed E-state index contributed by atoms with van der Waals surface area (Å²) in [6, 6.07) is 0. The van der Waals surface area contributed by atoms with E-state index in [2.05, 4.69) is 18.4 Å². The van der Waals surface area contributed by atoms with E-state index in [0.717, 1.165) is 6.42 Å². The molecule has 0 aromatic heterocycles. The molecule has 0 aliphatic carbocycles. The van der Waals surface area contributed by atoms with Crippen LogP contribution in [0.3, 0.4) is 0 Å². The zero-order valence-corrected chi connectivity index (χ0v) is 24.7. The summed E-state index contributed by atoms with van der Waals surface area (Å²) in [5.74, 6) is 0. The molecule has 0 aromatic carbocycles. The lowest BCUT2D eigenvalue weighted by atomic mass is 9.93. The second-order valence-corrected chi connectivity index (χ2v) is 16.8. The highest BCUT2D eigenvalue weighted by Crippen LogP contribution is 2.54. The molecular formula is C19H44N2O8P2S2. The highest BCUT2D eigenvalue weighted by molar-refractivity contribution is 8.77. The van der Waals surface area contributed by atoms with Gasteiger partial charge in [-0.15, -0.1) is 0 Å². The van der Waals surface area contributed by atoms with Gasteiger partial charge in [0.2, 0.25) is 0 Å². The summed E-state index contributed by atoms with van der Waals surface area (Å²) in [6.45, 7) is 16.2. The number of rotatable bonds is 16. The van der Waals surface area contributed by atoms with Gasteiger partial charge in [0.15, 0.2) is 0 Å². The second-order valence-electron chi connectivity index (χ2n) is 10.9. The van der Waals surface area contributed by atoms with Gasteiger partial charge < -0.3 is 26.1 Å². The van der Waals surface area contributed by atoms with Crippen LogP contribution in [-0.4, -0.2) is 47.6 Å². The molecule has 0 fully saturated rings. The largest absolute Gasteiger partial charge is 0.473 e. The predicted molar refractivity (Wildman–Crippen MR) is 137 cm³/mol. The van der Waals surface area contributed by atoms with Crippen LogP contribution in [0.5, 0.6) is 0 Å². The molecule has 0 rings (SSSR count). The molecule has 200 valence electrons. The highest BCUT2D eigenvalue weighted by Gasteiger charge is 2.42. The van der Waals surface area contributed by atoms with E-state index in [1.54, 1.807) is 38.5 Å². The van der Waals surface area contributed by atoms with Gasteiger partial charge in [0.25, 0.3) is 0 Å². The first-order valence-corrected chi connectivity index (χ1v) is 15.9. The fourth-order valence-corrected chi connectivity index (χ4v) is 8.21. The third kappa shape index (κ3) is 17.0. The molecule has 33 heavy (non-hydrogen) atoms. The normalized spacial score (nSPS) is 19.6. The monoisotopic (exact) mass is 554 g/mol. The molecule has 7 N–H and O–H groups in total. The molecule has 0 bridgehead atoms. The Morgan fingerprint density at radius 1 is 0.848 bits per heavy atom. The highest BCUT2D eigenvalue weighted by atomic mass is 33.1. The fraction of sp³-hybridized carbons (Fsp3) is 1.00. The maximum absolute atomic E-state index is 12.8. The Hall–Kier alpha value is 0.840. The van der Waals surface area contributed by atoms with Gasteiger partial charge in [-0.2, -0.15) is 0 Å². The Balaban J connectivity index is 5.09. The number of phosphoric ester groups is 2. The van der Waals surface area contributed by atoms with E-state index in [1.165, 1.54) is 10.8 Å². The van der Waals surface area contributed by atoms with Crippen LogP contribution in [-0.2, 0) is 22.7 Å². The maximum atomic E-state index is 12.8. The quantitative estimate of drug-likeness (QED) is 0.0991. The maximum Gasteiger partial charge on any atom is 0.473 e. The van der Waals surface area contributed by atoms with Crippen molar-refractivity contribution in [2.45, 2.75) is 114 Å². The zero-order chi connectivity index (χ0) is 26.6. The topological polar surface area (TPSA) is 175 Å². The van der Waals surface area contributed by atoms with Crippen LogP contribution in [0.25, 0.3) is 0 Å². The van der Waals surface area contributed by atoms with Gasteiger partial charge in [0.1, 0.15) is 0 Å². The Kier molecular flexibility index (Phi) is 12.2. The average Bonchev–Trinajstić information content (AvgIpc) is 2.46. The van der Waals surface area contributed by atoms with Gasteiger partial charge >= 0.3 is 15.6 Å². The van der Waals surface area contributed by atoms with Crippen molar-refractivity contribution in [2.75, 3.05) is 6.61 Å². The molecule has 14 heteroatoms. The number of nitrogens with two attached hydrogens (primary N) is 2. The van der Waals surface area contributed by atoms with Gasteiger partial charge in [-0.25, -0.2) is 9.13 Å². The van der Waals surface area contributed by atoms with Crippen molar-refractivity contribution in [3.05, 3.63) is 0 Å². The molecule has 10 nitrogen and oxygen atoms in total. The Labute approximate surface area is 206 Å². The van der Waals surface area contributed by atoms with Crippen molar-refractivity contribution in [3.8, 4) is 0 Å². The molecule has 0 saturated heterocycles. The van der Waals surface area contributed by atoms with E-state index in [0.29, 0.717) is 6.42 Å². The molecule has 0 spiro atoms. The van der Waals surface area contributed by atoms with Crippen molar-refractivity contribution < 1.29 is 37.4 Å². The van der Waals surface area contributed by atoms with Crippen molar-refractivity contribution in [1.29, 1.82) is 0 Å². The standard InChI is InChI=1S/C19H44N2O8P2S2/c1-10-18(8,11-12-27-30(22,23)24)29-31(25,26)28-16(4,5)14-19(9,21)33-32-17(6,7)13-15(2,3)20/h10-14,20-21H2,1-9H3,(H,25,26)(H2,22,23,24). The van der Waals surface area contributed by atoms with Crippen LogP contribution in [0, 0.1) is 0 Å². The summed E-state index contributed by atoms with van der Waals surface area (Å²) in [7, 11) is -6.10. The van der Waals surface area contributed by atoms with Crippen molar-refractivity contribution in [2.24, 2.45) is 11.5 Å². The number of hydrogen-bond donors (Lipinski definition) is 5. The lowest BCUT2D eigenvalue weighted by Crippen LogP contribution is -2.42. The van der Waals surface area contributed by atoms with E-state index >= 15 is 0 Å². The van der Waals surface area contributed by atoms with E-state index in [-0.39, 0.29) is 29.7 Å². The minimum Gasteiger partial charge on any atom is -0.326 e. The zero-order valence-electron chi connectivity index (χ0n) is 21.3. The minimum atomic E-state index is -4.64. The van der Waals surface area contributed by atoms with E-state index < -0.39 is 31.7 Å². The smallest absolute Gasteiger partial charge is 0.326 e. The first-order chi connectivity index (χ1) is 14.3. The molecule has 0 heterocycles. The summed E-state index contributed by atoms with van der Waals surface area (Å²) in [6.07, 6.45) is 1.29. The van der Waals surface area contributed by atoms with Crippen LogP contribution >= 0.6 is 37.2 Å². The second kappa shape index (κ2) is 11.9. The molecular weight excluding hydrogens is 510 g/mol. The van der Waals surface area contributed by atoms with Gasteiger partial charge in [-0.05, 0) is 68.2 Å². The Morgan fingerprint density at radius 2 is 1.36 bits per heavy atom. The van der Waals surface area contributed by atoms with Crippen molar-refractivity contribution in [3.63, 3.8) is 0 Å².